The lowest BCUT2D eigenvalue weighted by Gasteiger charge is -2.12. The van der Waals surface area contributed by atoms with Gasteiger partial charge in [0.05, 0.1) is 23.6 Å². The number of carbonyl (C=O) groups is 1. The zero-order valence-electron chi connectivity index (χ0n) is 19.2. The van der Waals surface area contributed by atoms with E-state index in [1.54, 1.807) is 54.6 Å². The van der Waals surface area contributed by atoms with Crippen LogP contribution in [0.1, 0.15) is 22.2 Å². The first kappa shape index (κ1) is 25.1. The molecule has 0 aliphatic carbocycles. The monoisotopic (exact) mass is 513 g/mol. The summed E-state index contributed by atoms with van der Waals surface area (Å²) in [5.74, 6) is 0.547. The molecular formula is C26H22F3N3O3S. The second kappa shape index (κ2) is 10.3. The molecule has 0 atom stereocenters. The van der Waals surface area contributed by atoms with Gasteiger partial charge in [-0.15, -0.1) is 11.3 Å². The maximum Gasteiger partial charge on any atom is 0.417 e. The first-order valence-corrected chi connectivity index (χ1v) is 11.7. The number of amides is 1. The molecular weight excluding hydrogens is 491 g/mol. The van der Waals surface area contributed by atoms with E-state index in [1.807, 2.05) is 6.92 Å². The molecule has 0 spiro atoms. The first-order chi connectivity index (χ1) is 17.2. The molecule has 0 aliphatic rings. The average Bonchev–Trinajstić information content (AvgIpc) is 3.19. The van der Waals surface area contributed by atoms with Gasteiger partial charge in [0, 0.05) is 16.6 Å². The molecule has 0 saturated carbocycles. The van der Waals surface area contributed by atoms with Crippen LogP contribution < -0.4 is 20.5 Å². The van der Waals surface area contributed by atoms with E-state index in [1.165, 1.54) is 0 Å². The van der Waals surface area contributed by atoms with Crippen LogP contribution in [-0.4, -0.2) is 24.1 Å². The number of ether oxygens (including phenoxy) is 2. The Morgan fingerprint density at radius 3 is 2.36 bits per heavy atom. The molecule has 0 aliphatic heterocycles. The third kappa shape index (κ3) is 5.28. The van der Waals surface area contributed by atoms with Crippen molar-refractivity contribution in [3.63, 3.8) is 0 Å². The Morgan fingerprint density at radius 2 is 1.75 bits per heavy atom. The fraction of sp³-hybridized carbons (Fsp3) is 0.154. The Labute approximate surface area is 209 Å². The summed E-state index contributed by atoms with van der Waals surface area (Å²) in [6, 6.07) is 14.1. The number of nitrogens with two attached hydrogens (primary N) is 1. The van der Waals surface area contributed by atoms with Crippen LogP contribution in [-0.2, 0) is 6.18 Å². The number of hydrogen-bond acceptors (Lipinski definition) is 6. The zero-order chi connectivity index (χ0) is 25.9. The number of nitrogens with zero attached hydrogens (tertiary/aromatic N) is 1. The standard InChI is InChI=1S/C26H22F3N3O3S/c1-3-13-35-18-9-5-15(6-10-18)20-14-19(26(27,28)29)21-22(30)23(36-25(21)32-20)24(33)31-16-7-11-17(12-8-16)34-4-2/h3,5-12,14H,1,4,13,30H2,2H3,(H,31,33). The van der Waals surface area contributed by atoms with Gasteiger partial charge in [-0.05, 0) is 61.5 Å². The summed E-state index contributed by atoms with van der Waals surface area (Å²) in [6.07, 6.45) is -3.12. The maximum atomic E-state index is 14.0. The molecule has 0 fully saturated rings. The summed E-state index contributed by atoms with van der Waals surface area (Å²) >= 11 is 0.807. The van der Waals surface area contributed by atoms with Gasteiger partial charge in [0.25, 0.3) is 5.91 Å². The number of anilines is 2. The molecule has 1 amide bonds. The van der Waals surface area contributed by atoms with Gasteiger partial charge in [0.2, 0.25) is 0 Å². The lowest BCUT2D eigenvalue weighted by Crippen LogP contribution is -2.12. The van der Waals surface area contributed by atoms with E-state index in [0.29, 0.717) is 36.0 Å². The highest BCUT2D eigenvalue weighted by Gasteiger charge is 2.36. The molecule has 2 aromatic carbocycles. The van der Waals surface area contributed by atoms with E-state index in [0.717, 1.165) is 17.4 Å². The summed E-state index contributed by atoms with van der Waals surface area (Å²) in [5.41, 5.74) is 5.86. The van der Waals surface area contributed by atoms with Crippen LogP contribution in [0.25, 0.3) is 21.5 Å². The van der Waals surface area contributed by atoms with Crippen molar-refractivity contribution in [2.75, 3.05) is 24.3 Å². The lowest BCUT2D eigenvalue weighted by atomic mass is 10.1. The minimum absolute atomic E-state index is 0.0150. The van der Waals surface area contributed by atoms with Gasteiger partial charge in [0.15, 0.2) is 0 Å². The minimum Gasteiger partial charge on any atom is -0.494 e. The highest BCUT2D eigenvalue weighted by molar-refractivity contribution is 7.21. The van der Waals surface area contributed by atoms with Crippen molar-refractivity contribution in [2.24, 2.45) is 0 Å². The third-order valence-electron chi connectivity index (χ3n) is 5.15. The second-order valence-electron chi connectivity index (χ2n) is 7.61. The number of nitrogen functional groups attached to an aromatic ring is 1. The summed E-state index contributed by atoms with van der Waals surface area (Å²) in [7, 11) is 0. The number of hydrogen-bond donors (Lipinski definition) is 2. The summed E-state index contributed by atoms with van der Waals surface area (Å²) in [4.78, 5) is 17.3. The number of thiophene rings is 1. The number of rotatable bonds is 8. The van der Waals surface area contributed by atoms with Gasteiger partial charge in [-0.1, -0.05) is 12.7 Å². The number of aromatic nitrogens is 1. The van der Waals surface area contributed by atoms with Crippen molar-refractivity contribution < 1.29 is 27.4 Å². The fourth-order valence-electron chi connectivity index (χ4n) is 3.53. The normalized spacial score (nSPS) is 11.3. The summed E-state index contributed by atoms with van der Waals surface area (Å²) in [6.45, 7) is 6.22. The van der Waals surface area contributed by atoms with E-state index in [-0.39, 0.29) is 26.5 Å². The number of benzene rings is 2. The van der Waals surface area contributed by atoms with E-state index in [4.69, 9.17) is 15.2 Å². The zero-order valence-corrected chi connectivity index (χ0v) is 20.0. The van der Waals surface area contributed by atoms with Gasteiger partial charge in [-0.2, -0.15) is 13.2 Å². The van der Waals surface area contributed by atoms with Gasteiger partial charge < -0.3 is 20.5 Å². The van der Waals surface area contributed by atoms with E-state index in [9.17, 15) is 18.0 Å². The topological polar surface area (TPSA) is 86.5 Å². The number of nitrogens with one attached hydrogen (secondary N) is 1. The summed E-state index contributed by atoms with van der Waals surface area (Å²) < 4.78 is 52.9. The number of pyridine rings is 1. The molecule has 186 valence electrons. The van der Waals surface area contributed by atoms with Crippen molar-refractivity contribution in [3.8, 4) is 22.8 Å². The van der Waals surface area contributed by atoms with Crippen LogP contribution in [0.15, 0.2) is 67.3 Å². The van der Waals surface area contributed by atoms with Gasteiger partial charge in [-0.3, -0.25) is 4.79 Å². The Bertz CT molecular complexity index is 1400. The third-order valence-corrected chi connectivity index (χ3v) is 6.25. The smallest absolute Gasteiger partial charge is 0.417 e. The molecule has 2 aromatic heterocycles. The second-order valence-corrected chi connectivity index (χ2v) is 8.61. The average molecular weight is 514 g/mol. The number of alkyl halides is 3. The highest BCUT2D eigenvalue weighted by atomic mass is 32.1. The Balaban J connectivity index is 1.71. The van der Waals surface area contributed by atoms with E-state index < -0.39 is 17.6 Å². The van der Waals surface area contributed by atoms with Crippen molar-refractivity contribution in [3.05, 3.63) is 77.7 Å². The molecule has 3 N–H and O–H groups in total. The van der Waals surface area contributed by atoms with Crippen LogP contribution >= 0.6 is 11.3 Å². The van der Waals surface area contributed by atoms with Crippen LogP contribution in [0, 0.1) is 0 Å². The number of fused-ring (bicyclic) bond motifs is 1. The fourth-order valence-corrected chi connectivity index (χ4v) is 4.54. The highest BCUT2D eigenvalue weighted by Crippen LogP contribution is 2.43. The molecule has 2 heterocycles. The quantitative estimate of drug-likeness (QED) is 0.254. The molecule has 0 bridgehead atoms. The molecule has 4 aromatic rings. The lowest BCUT2D eigenvalue weighted by molar-refractivity contribution is -0.136. The van der Waals surface area contributed by atoms with Crippen LogP contribution in [0.5, 0.6) is 11.5 Å². The molecule has 0 saturated heterocycles. The van der Waals surface area contributed by atoms with Crippen molar-refractivity contribution in [1.82, 2.24) is 4.98 Å². The van der Waals surface area contributed by atoms with Crippen LogP contribution in [0.4, 0.5) is 24.5 Å². The van der Waals surface area contributed by atoms with E-state index >= 15 is 0 Å². The molecule has 6 nitrogen and oxygen atoms in total. The van der Waals surface area contributed by atoms with Crippen molar-refractivity contribution >= 4 is 38.8 Å². The summed E-state index contributed by atoms with van der Waals surface area (Å²) in [5, 5.41) is 2.37. The molecule has 36 heavy (non-hydrogen) atoms. The van der Waals surface area contributed by atoms with Gasteiger partial charge in [0.1, 0.15) is 27.8 Å². The van der Waals surface area contributed by atoms with Crippen LogP contribution in [0.3, 0.4) is 0 Å². The van der Waals surface area contributed by atoms with Crippen molar-refractivity contribution in [1.29, 1.82) is 0 Å². The number of carbonyl (C=O) groups excluding carboxylic acids is 1. The SMILES string of the molecule is C=CCOc1ccc(-c2cc(C(F)(F)F)c3c(N)c(C(=O)Nc4ccc(OCC)cc4)sc3n2)cc1. The molecule has 4 rings (SSSR count). The predicted molar refractivity (Wildman–Crippen MR) is 136 cm³/mol. The predicted octanol–water partition coefficient (Wildman–Crippen LogP) is 6.78. The van der Waals surface area contributed by atoms with E-state index in [2.05, 4.69) is 16.9 Å². The maximum absolute atomic E-state index is 14.0. The minimum atomic E-state index is -4.71. The molecule has 10 heteroatoms. The van der Waals surface area contributed by atoms with Gasteiger partial charge in [-0.25, -0.2) is 4.98 Å². The Kier molecular flexibility index (Phi) is 7.16. The van der Waals surface area contributed by atoms with Crippen LogP contribution in [0.2, 0.25) is 0 Å². The molecule has 0 radical (unpaired) electrons. The molecule has 0 unspecified atom stereocenters. The Hall–Kier alpha value is -4.05. The van der Waals surface area contributed by atoms with Crippen molar-refractivity contribution in [2.45, 2.75) is 13.1 Å². The largest absolute Gasteiger partial charge is 0.494 e. The Morgan fingerprint density at radius 1 is 1.11 bits per heavy atom. The first-order valence-electron chi connectivity index (χ1n) is 10.9. The van der Waals surface area contributed by atoms with Gasteiger partial charge >= 0.3 is 6.18 Å². The number of halogens is 3.